The lowest BCUT2D eigenvalue weighted by atomic mass is 10.1. The van der Waals surface area contributed by atoms with Crippen molar-refractivity contribution in [2.75, 3.05) is 24.9 Å². The fourth-order valence-electron chi connectivity index (χ4n) is 3.21. The number of hydrogen-bond donors (Lipinski definition) is 2. The van der Waals surface area contributed by atoms with E-state index in [9.17, 15) is 9.59 Å². The van der Waals surface area contributed by atoms with Crippen LogP contribution in [0.2, 0.25) is 0 Å². The van der Waals surface area contributed by atoms with Crippen LogP contribution < -0.4 is 20.1 Å². The van der Waals surface area contributed by atoms with Crippen molar-refractivity contribution in [3.63, 3.8) is 0 Å². The average molecular weight is 366 g/mol. The summed E-state index contributed by atoms with van der Waals surface area (Å²) < 4.78 is 12.2. The summed E-state index contributed by atoms with van der Waals surface area (Å²) in [6.45, 7) is 0. The molecule has 4 rings (SSSR count). The first-order valence-electron chi connectivity index (χ1n) is 8.40. The molecule has 0 radical (unpaired) electrons. The molecule has 8 heteroatoms. The molecule has 2 amide bonds. The number of rotatable bonds is 4. The highest BCUT2D eigenvalue weighted by Gasteiger charge is 2.32. The van der Waals surface area contributed by atoms with Crippen molar-refractivity contribution >= 4 is 34.5 Å². The largest absolute Gasteiger partial charge is 0.497 e. The molecule has 0 saturated carbocycles. The monoisotopic (exact) mass is 366 g/mol. The van der Waals surface area contributed by atoms with E-state index < -0.39 is 6.04 Å². The fourth-order valence-corrected chi connectivity index (χ4v) is 3.21. The summed E-state index contributed by atoms with van der Waals surface area (Å²) >= 11 is 0. The van der Waals surface area contributed by atoms with Gasteiger partial charge in [0.25, 0.3) is 0 Å². The third kappa shape index (κ3) is 3.05. The molecular formula is C19H18N4O4. The molecule has 0 unspecified atom stereocenters. The molecule has 0 spiro atoms. The lowest BCUT2D eigenvalue weighted by molar-refractivity contribution is -0.124. The number of para-hydroxylation sites is 2. The third-order valence-corrected chi connectivity index (χ3v) is 4.46. The minimum Gasteiger partial charge on any atom is -0.497 e. The molecule has 2 aromatic carbocycles. The second kappa shape index (κ2) is 6.64. The van der Waals surface area contributed by atoms with Crippen molar-refractivity contribution < 1.29 is 19.1 Å². The maximum Gasteiger partial charge on any atom is 0.248 e. The van der Waals surface area contributed by atoms with Crippen molar-refractivity contribution in [1.82, 2.24) is 9.55 Å². The Hall–Kier alpha value is -3.55. The zero-order chi connectivity index (χ0) is 19.0. The van der Waals surface area contributed by atoms with Gasteiger partial charge < -0.3 is 14.8 Å². The highest BCUT2D eigenvalue weighted by Crippen LogP contribution is 2.32. The number of carbonyl (C=O) groups excluding carboxylic acids is 2. The maximum absolute atomic E-state index is 13.0. The van der Waals surface area contributed by atoms with E-state index in [1.54, 1.807) is 22.8 Å². The van der Waals surface area contributed by atoms with E-state index in [2.05, 4.69) is 15.6 Å². The molecule has 8 nitrogen and oxygen atoms in total. The van der Waals surface area contributed by atoms with Crippen LogP contribution in [0.15, 0.2) is 42.5 Å². The van der Waals surface area contributed by atoms with Gasteiger partial charge in [-0.3, -0.25) is 19.5 Å². The van der Waals surface area contributed by atoms with E-state index in [4.69, 9.17) is 9.47 Å². The van der Waals surface area contributed by atoms with E-state index in [-0.39, 0.29) is 18.2 Å². The number of nitrogens with one attached hydrogen (secondary N) is 2. The van der Waals surface area contributed by atoms with Crippen molar-refractivity contribution in [3.8, 4) is 11.5 Å². The summed E-state index contributed by atoms with van der Waals surface area (Å²) in [7, 11) is 3.07. The number of anilines is 2. The molecule has 1 aliphatic heterocycles. The van der Waals surface area contributed by atoms with Crippen LogP contribution in [0.4, 0.5) is 11.6 Å². The van der Waals surface area contributed by atoms with Crippen LogP contribution in [0.3, 0.4) is 0 Å². The van der Waals surface area contributed by atoms with Gasteiger partial charge in [-0.15, -0.1) is 0 Å². The highest BCUT2D eigenvalue weighted by atomic mass is 16.5. The first kappa shape index (κ1) is 16.9. The fraction of sp³-hybridized carbons (Fsp3) is 0.211. The van der Waals surface area contributed by atoms with Crippen LogP contribution in [0, 0.1) is 0 Å². The number of imidazole rings is 1. The number of ether oxygens (including phenoxy) is 2. The predicted molar refractivity (Wildman–Crippen MR) is 100 cm³/mol. The molecule has 3 aromatic rings. The summed E-state index contributed by atoms with van der Waals surface area (Å²) in [4.78, 5) is 29.5. The number of aromatic nitrogens is 2. The number of fused-ring (bicyclic) bond motifs is 3. The van der Waals surface area contributed by atoms with Gasteiger partial charge in [0.1, 0.15) is 17.5 Å². The van der Waals surface area contributed by atoms with Gasteiger partial charge in [0.05, 0.1) is 31.7 Å². The highest BCUT2D eigenvalue weighted by molar-refractivity contribution is 6.03. The van der Waals surface area contributed by atoms with Crippen LogP contribution in [-0.4, -0.2) is 35.6 Å². The molecular weight excluding hydrogens is 348 g/mol. The zero-order valence-corrected chi connectivity index (χ0v) is 14.9. The maximum atomic E-state index is 13.0. The minimum absolute atomic E-state index is 0.0281. The molecule has 1 aliphatic rings. The van der Waals surface area contributed by atoms with E-state index in [0.717, 1.165) is 11.0 Å². The number of carbonyl (C=O) groups is 2. The SMILES string of the molecule is COc1cc(NC(=O)[C@H]2CC(=O)Nc3nc4ccccc4n32)cc(OC)c1. The van der Waals surface area contributed by atoms with Gasteiger partial charge in [0, 0.05) is 23.9 Å². The summed E-state index contributed by atoms with van der Waals surface area (Å²) in [5.74, 6) is 0.918. The Balaban J connectivity index is 1.70. The van der Waals surface area contributed by atoms with Crippen LogP contribution in [0.25, 0.3) is 11.0 Å². The summed E-state index contributed by atoms with van der Waals surface area (Å²) in [6, 6.07) is 11.8. The second-order valence-corrected chi connectivity index (χ2v) is 6.15. The molecule has 1 aromatic heterocycles. The van der Waals surface area contributed by atoms with Gasteiger partial charge in [-0.2, -0.15) is 0 Å². The lowest BCUT2D eigenvalue weighted by Crippen LogP contribution is -2.35. The van der Waals surface area contributed by atoms with Crippen molar-refractivity contribution in [3.05, 3.63) is 42.5 Å². The molecule has 0 saturated heterocycles. The number of methoxy groups -OCH3 is 2. The first-order valence-corrected chi connectivity index (χ1v) is 8.40. The molecule has 1 atom stereocenters. The van der Waals surface area contributed by atoms with Gasteiger partial charge in [0.15, 0.2) is 0 Å². The smallest absolute Gasteiger partial charge is 0.248 e. The van der Waals surface area contributed by atoms with Crippen LogP contribution >= 0.6 is 0 Å². The van der Waals surface area contributed by atoms with Crippen LogP contribution in [0.5, 0.6) is 11.5 Å². The van der Waals surface area contributed by atoms with E-state index >= 15 is 0 Å². The van der Waals surface area contributed by atoms with Gasteiger partial charge in [-0.1, -0.05) is 12.1 Å². The third-order valence-electron chi connectivity index (χ3n) is 4.46. The van der Waals surface area contributed by atoms with Gasteiger partial charge in [0.2, 0.25) is 17.8 Å². The number of amides is 2. The summed E-state index contributed by atoms with van der Waals surface area (Å²) in [5, 5.41) is 5.58. The Labute approximate surface area is 155 Å². The lowest BCUT2D eigenvalue weighted by Gasteiger charge is -2.25. The number of benzene rings is 2. The molecule has 2 heterocycles. The Morgan fingerprint density at radius 3 is 2.59 bits per heavy atom. The molecule has 138 valence electrons. The standard InChI is InChI=1S/C19H18N4O4/c1-26-12-7-11(8-13(9-12)27-2)20-18(25)16-10-17(24)22-19-21-14-5-3-4-6-15(14)23(16)19/h3-9,16H,10H2,1-2H3,(H,20,25)(H,21,22,24)/t16-/m1/s1. The summed E-state index contributed by atoms with van der Waals surface area (Å²) in [6.07, 6.45) is 0.0281. The van der Waals surface area contributed by atoms with Gasteiger partial charge in [-0.25, -0.2) is 4.98 Å². The van der Waals surface area contributed by atoms with Gasteiger partial charge in [-0.05, 0) is 12.1 Å². The van der Waals surface area contributed by atoms with E-state index in [1.165, 1.54) is 14.2 Å². The van der Waals surface area contributed by atoms with Gasteiger partial charge >= 0.3 is 0 Å². The Morgan fingerprint density at radius 2 is 1.89 bits per heavy atom. The first-order chi connectivity index (χ1) is 13.1. The molecule has 2 N–H and O–H groups in total. The number of hydrogen-bond acceptors (Lipinski definition) is 5. The topological polar surface area (TPSA) is 94.5 Å². The van der Waals surface area contributed by atoms with Crippen molar-refractivity contribution in [2.24, 2.45) is 0 Å². The zero-order valence-electron chi connectivity index (χ0n) is 14.9. The molecule has 0 bridgehead atoms. The Bertz CT molecular complexity index is 1020. The second-order valence-electron chi connectivity index (χ2n) is 6.15. The molecule has 0 fully saturated rings. The normalized spacial score (nSPS) is 15.8. The van der Waals surface area contributed by atoms with Crippen LogP contribution in [-0.2, 0) is 9.59 Å². The average Bonchev–Trinajstić information content (AvgIpc) is 3.04. The Kier molecular flexibility index (Phi) is 4.15. The molecule has 0 aliphatic carbocycles. The van der Waals surface area contributed by atoms with Crippen molar-refractivity contribution in [1.29, 1.82) is 0 Å². The quantitative estimate of drug-likeness (QED) is 0.740. The predicted octanol–water partition coefficient (Wildman–Crippen LogP) is 2.58. The van der Waals surface area contributed by atoms with E-state index in [1.807, 2.05) is 24.3 Å². The van der Waals surface area contributed by atoms with Crippen LogP contribution in [0.1, 0.15) is 12.5 Å². The Morgan fingerprint density at radius 1 is 1.19 bits per heavy atom. The number of nitrogens with zero attached hydrogens (tertiary/aromatic N) is 2. The minimum atomic E-state index is -0.710. The van der Waals surface area contributed by atoms with Crippen molar-refractivity contribution in [2.45, 2.75) is 12.5 Å². The van der Waals surface area contributed by atoms with E-state index in [0.29, 0.717) is 23.1 Å². The molecule has 27 heavy (non-hydrogen) atoms. The summed E-state index contributed by atoms with van der Waals surface area (Å²) in [5.41, 5.74) is 2.03.